The number of hydrogen-bond donors (Lipinski definition) is 1. The van der Waals surface area contributed by atoms with E-state index >= 15 is 0 Å². The molecule has 0 unspecified atom stereocenters. The number of benzene rings is 1. The zero-order valence-corrected chi connectivity index (χ0v) is 16.4. The highest BCUT2D eigenvalue weighted by Gasteiger charge is 2.14. The third kappa shape index (κ3) is 5.19. The summed E-state index contributed by atoms with van der Waals surface area (Å²) in [6.07, 6.45) is 5.74. The van der Waals surface area contributed by atoms with Gasteiger partial charge in [0.15, 0.2) is 0 Å². The molecule has 0 radical (unpaired) electrons. The molecule has 0 aliphatic carbocycles. The van der Waals surface area contributed by atoms with E-state index in [2.05, 4.69) is 53.4 Å². The van der Waals surface area contributed by atoms with E-state index in [4.69, 9.17) is 0 Å². The van der Waals surface area contributed by atoms with E-state index < -0.39 is 0 Å². The number of amides is 1. The van der Waals surface area contributed by atoms with Crippen LogP contribution in [-0.4, -0.2) is 44.0 Å². The molecule has 0 saturated carbocycles. The molecule has 1 N–H and O–H groups in total. The van der Waals surface area contributed by atoms with Crippen molar-refractivity contribution in [2.75, 3.05) is 43.4 Å². The first-order valence-electron chi connectivity index (χ1n) is 9.25. The fraction of sp³-hybridized carbons (Fsp3) is 0.381. The minimum atomic E-state index is -0.0946. The molecule has 1 aromatic heterocycles. The second kappa shape index (κ2) is 9.01. The molecule has 1 fully saturated rings. The lowest BCUT2D eigenvalue weighted by Gasteiger charge is -2.34. The number of thiophene rings is 1. The van der Waals surface area contributed by atoms with E-state index in [1.807, 2.05) is 18.2 Å². The van der Waals surface area contributed by atoms with Crippen LogP contribution >= 0.6 is 11.3 Å². The molecule has 1 aromatic carbocycles. The summed E-state index contributed by atoms with van der Waals surface area (Å²) in [7, 11) is 2.16. The number of anilines is 2. The summed E-state index contributed by atoms with van der Waals surface area (Å²) in [5, 5.41) is 2.93. The summed E-state index contributed by atoms with van der Waals surface area (Å²) >= 11 is 1.75. The van der Waals surface area contributed by atoms with Crippen molar-refractivity contribution in [2.45, 2.75) is 19.8 Å². The van der Waals surface area contributed by atoms with Crippen LogP contribution in [0.15, 0.2) is 42.5 Å². The van der Waals surface area contributed by atoms with Gasteiger partial charge in [0.25, 0.3) is 0 Å². The number of piperazine rings is 1. The summed E-state index contributed by atoms with van der Waals surface area (Å²) in [4.78, 5) is 19.3. The summed E-state index contributed by atoms with van der Waals surface area (Å²) in [5.74, 6) is -0.0946. The van der Waals surface area contributed by atoms with Gasteiger partial charge in [0.2, 0.25) is 5.91 Å². The second-order valence-electron chi connectivity index (χ2n) is 6.71. The lowest BCUT2D eigenvalue weighted by molar-refractivity contribution is -0.111. The first-order chi connectivity index (χ1) is 12.6. The molecule has 2 aromatic rings. The highest BCUT2D eigenvalue weighted by atomic mass is 32.1. The van der Waals surface area contributed by atoms with E-state index in [9.17, 15) is 4.79 Å². The molecule has 5 heteroatoms. The number of carbonyl (C=O) groups excluding carboxylic acids is 1. The lowest BCUT2D eigenvalue weighted by atomic mass is 10.2. The Morgan fingerprint density at radius 1 is 1.12 bits per heavy atom. The van der Waals surface area contributed by atoms with Crippen molar-refractivity contribution < 1.29 is 4.79 Å². The maximum atomic E-state index is 12.1. The van der Waals surface area contributed by atoms with Crippen molar-refractivity contribution in [1.82, 2.24) is 4.90 Å². The van der Waals surface area contributed by atoms with E-state index in [-0.39, 0.29) is 5.91 Å². The highest BCUT2D eigenvalue weighted by Crippen LogP contribution is 2.21. The summed E-state index contributed by atoms with van der Waals surface area (Å²) in [5.41, 5.74) is 2.05. The van der Waals surface area contributed by atoms with Crippen molar-refractivity contribution in [3.63, 3.8) is 0 Å². The van der Waals surface area contributed by atoms with Gasteiger partial charge in [0.1, 0.15) is 0 Å². The van der Waals surface area contributed by atoms with Crippen LogP contribution in [-0.2, 0) is 11.2 Å². The van der Waals surface area contributed by atoms with Gasteiger partial charge in [-0.2, -0.15) is 0 Å². The largest absolute Gasteiger partial charge is 0.369 e. The molecule has 1 aliphatic rings. The number of likely N-dealkylation sites (N-methyl/N-ethyl adjacent to an activating group) is 1. The first kappa shape index (κ1) is 18.7. The van der Waals surface area contributed by atoms with Crippen LogP contribution in [0.3, 0.4) is 0 Å². The maximum Gasteiger partial charge on any atom is 0.248 e. The molecule has 2 heterocycles. The molecule has 1 amide bonds. The lowest BCUT2D eigenvalue weighted by Crippen LogP contribution is -2.44. The first-order valence-corrected chi connectivity index (χ1v) is 10.1. The molecule has 0 bridgehead atoms. The fourth-order valence-electron chi connectivity index (χ4n) is 3.03. The average molecular weight is 370 g/mol. The second-order valence-corrected chi connectivity index (χ2v) is 7.91. The van der Waals surface area contributed by atoms with Gasteiger partial charge < -0.3 is 15.1 Å². The third-order valence-electron chi connectivity index (χ3n) is 4.58. The van der Waals surface area contributed by atoms with Crippen molar-refractivity contribution in [2.24, 2.45) is 0 Å². The predicted molar refractivity (Wildman–Crippen MR) is 112 cm³/mol. The standard InChI is InChI=1S/C21H27N3OS/c1-3-4-19-9-10-20(26-19)11-12-21(25)22-17-5-7-18(8-6-17)24-15-13-23(2)14-16-24/h5-12H,3-4,13-16H2,1-2H3,(H,22,25). The molecule has 3 rings (SSSR count). The van der Waals surface area contributed by atoms with E-state index in [0.29, 0.717) is 0 Å². The minimum Gasteiger partial charge on any atom is -0.369 e. The Bertz CT molecular complexity index is 743. The smallest absolute Gasteiger partial charge is 0.248 e. The SMILES string of the molecule is CCCc1ccc(C=CC(=O)Nc2ccc(N3CCN(C)CC3)cc2)s1. The third-order valence-corrected chi connectivity index (χ3v) is 5.69. The Morgan fingerprint density at radius 3 is 2.54 bits per heavy atom. The molecule has 0 atom stereocenters. The van der Waals surface area contributed by atoms with Crippen LogP contribution in [0.2, 0.25) is 0 Å². The molecular weight excluding hydrogens is 342 g/mol. The van der Waals surface area contributed by atoms with Crippen molar-refractivity contribution in [1.29, 1.82) is 0 Å². The number of nitrogens with zero attached hydrogens (tertiary/aromatic N) is 2. The van der Waals surface area contributed by atoms with Crippen LogP contribution in [0.4, 0.5) is 11.4 Å². The van der Waals surface area contributed by atoms with Crippen LogP contribution in [0.5, 0.6) is 0 Å². The van der Waals surface area contributed by atoms with Crippen LogP contribution in [0.1, 0.15) is 23.1 Å². The normalized spacial score (nSPS) is 15.5. The molecule has 1 saturated heterocycles. The minimum absolute atomic E-state index is 0.0946. The van der Waals surface area contributed by atoms with Gasteiger partial charge in [-0.1, -0.05) is 13.3 Å². The van der Waals surface area contributed by atoms with Crippen LogP contribution in [0.25, 0.3) is 6.08 Å². The van der Waals surface area contributed by atoms with Gasteiger partial charge >= 0.3 is 0 Å². The van der Waals surface area contributed by atoms with Gasteiger partial charge in [0, 0.05) is 53.4 Å². The fourth-order valence-corrected chi connectivity index (χ4v) is 4.04. The summed E-state index contributed by atoms with van der Waals surface area (Å²) in [6.45, 7) is 6.45. The summed E-state index contributed by atoms with van der Waals surface area (Å²) < 4.78 is 0. The van der Waals surface area contributed by atoms with Crippen molar-refractivity contribution >= 4 is 34.7 Å². The van der Waals surface area contributed by atoms with Crippen LogP contribution < -0.4 is 10.2 Å². The molecule has 138 valence electrons. The quantitative estimate of drug-likeness (QED) is 0.779. The summed E-state index contributed by atoms with van der Waals surface area (Å²) in [6, 6.07) is 12.3. The van der Waals surface area contributed by atoms with E-state index in [0.717, 1.165) is 49.6 Å². The monoisotopic (exact) mass is 369 g/mol. The molecule has 1 aliphatic heterocycles. The number of rotatable bonds is 6. The van der Waals surface area contributed by atoms with E-state index in [1.54, 1.807) is 17.4 Å². The van der Waals surface area contributed by atoms with Crippen molar-refractivity contribution in [3.05, 3.63) is 52.2 Å². The Hall–Kier alpha value is -2.11. The van der Waals surface area contributed by atoms with Gasteiger partial charge in [0.05, 0.1) is 0 Å². The topological polar surface area (TPSA) is 35.6 Å². The Morgan fingerprint density at radius 2 is 1.85 bits per heavy atom. The number of nitrogens with one attached hydrogen (secondary N) is 1. The molecule has 4 nitrogen and oxygen atoms in total. The molecular formula is C21H27N3OS. The van der Waals surface area contributed by atoms with Gasteiger partial charge in [-0.15, -0.1) is 11.3 Å². The van der Waals surface area contributed by atoms with E-state index in [1.165, 1.54) is 10.6 Å². The Balaban J connectivity index is 1.53. The number of aryl methyl sites for hydroxylation is 1. The van der Waals surface area contributed by atoms with Gasteiger partial charge in [-0.3, -0.25) is 4.79 Å². The number of hydrogen-bond acceptors (Lipinski definition) is 4. The zero-order valence-electron chi connectivity index (χ0n) is 15.6. The zero-order chi connectivity index (χ0) is 18.4. The van der Waals surface area contributed by atoms with Gasteiger partial charge in [-0.05, 0) is 55.9 Å². The highest BCUT2D eigenvalue weighted by molar-refractivity contribution is 7.12. The predicted octanol–water partition coefficient (Wildman–Crippen LogP) is 4.10. The van der Waals surface area contributed by atoms with Gasteiger partial charge in [-0.25, -0.2) is 0 Å². The Kier molecular flexibility index (Phi) is 6.47. The average Bonchev–Trinajstić information content (AvgIpc) is 3.09. The molecule has 0 spiro atoms. The molecule has 26 heavy (non-hydrogen) atoms. The van der Waals surface area contributed by atoms with Crippen LogP contribution in [0, 0.1) is 0 Å². The maximum absolute atomic E-state index is 12.1. The Labute approximate surface area is 160 Å². The number of carbonyl (C=O) groups is 1. The van der Waals surface area contributed by atoms with Crippen molar-refractivity contribution in [3.8, 4) is 0 Å².